The van der Waals surface area contributed by atoms with Crippen LogP contribution in [0.4, 0.5) is 4.79 Å². The zero-order valence-electron chi connectivity index (χ0n) is 11.6. The first-order valence-corrected chi connectivity index (χ1v) is 7.26. The highest BCUT2D eigenvalue weighted by molar-refractivity contribution is 5.71. The molecule has 17 heavy (non-hydrogen) atoms. The lowest BCUT2D eigenvalue weighted by molar-refractivity contribution is 0.243. The van der Waals surface area contributed by atoms with Crippen molar-refractivity contribution in [3.8, 4) is 0 Å². The number of amides is 2. The Bertz CT molecular complexity index is 183. The van der Waals surface area contributed by atoms with Gasteiger partial charge in [-0.3, -0.25) is 0 Å². The molecule has 0 bridgehead atoms. The molecule has 0 saturated carbocycles. The van der Waals surface area contributed by atoms with Gasteiger partial charge in [-0.2, -0.15) is 0 Å². The van der Waals surface area contributed by atoms with Crippen molar-refractivity contribution in [1.29, 1.82) is 0 Å². The quantitative estimate of drug-likeness (QED) is 0.529. The van der Waals surface area contributed by atoms with Gasteiger partial charge in [0.2, 0.25) is 0 Å². The molecule has 0 aromatic carbocycles. The van der Waals surface area contributed by atoms with E-state index in [2.05, 4.69) is 19.2 Å². The number of unbranched alkanes of at least 4 members (excludes halogenated alkanes) is 6. The number of nitrogens with one attached hydrogen (secondary N) is 1. The maximum absolute atomic E-state index is 10.9. The molecule has 1 atom stereocenters. The first kappa shape index (κ1) is 16.3. The van der Waals surface area contributed by atoms with E-state index in [0.29, 0.717) is 6.04 Å². The minimum atomic E-state index is -0.375. The standard InChI is InChI=1S/C14H30N2O/c1-3-5-7-8-10-12-13(16-14(15)17)11-9-6-4-2/h13H,3-12H2,1-2H3,(H3,15,16,17). The molecule has 3 N–H and O–H groups in total. The van der Waals surface area contributed by atoms with Gasteiger partial charge in [0, 0.05) is 6.04 Å². The van der Waals surface area contributed by atoms with Crippen LogP contribution in [0, 0.1) is 0 Å². The van der Waals surface area contributed by atoms with Crippen molar-refractivity contribution >= 4 is 6.03 Å². The van der Waals surface area contributed by atoms with E-state index in [1.807, 2.05) is 0 Å². The van der Waals surface area contributed by atoms with Crippen molar-refractivity contribution in [2.75, 3.05) is 0 Å². The molecule has 0 saturated heterocycles. The summed E-state index contributed by atoms with van der Waals surface area (Å²) in [5.41, 5.74) is 5.20. The van der Waals surface area contributed by atoms with E-state index < -0.39 is 0 Å². The third-order valence-electron chi connectivity index (χ3n) is 3.16. The Labute approximate surface area is 107 Å². The highest BCUT2D eigenvalue weighted by atomic mass is 16.2. The van der Waals surface area contributed by atoms with E-state index in [1.165, 1.54) is 51.4 Å². The molecule has 1 unspecified atom stereocenters. The third kappa shape index (κ3) is 11.5. The van der Waals surface area contributed by atoms with Gasteiger partial charge in [0.25, 0.3) is 0 Å². The second kappa shape index (κ2) is 11.7. The summed E-state index contributed by atoms with van der Waals surface area (Å²) in [5.74, 6) is 0. The fourth-order valence-electron chi connectivity index (χ4n) is 2.12. The van der Waals surface area contributed by atoms with E-state index in [1.54, 1.807) is 0 Å². The van der Waals surface area contributed by atoms with Crippen molar-refractivity contribution in [3.63, 3.8) is 0 Å². The monoisotopic (exact) mass is 242 g/mol. The summed E-state index contributed by atoms with van der Waals surface area (Å²) in [4.78, 5) is 10.9. The van der Waals surface area contributed by atoms with Gasteiger partial charge >= 0.3 is 6.03 Å². The minimum absolute atomic E-state index is 0.292. The minimum Gasteiger partial charge on any atom is -0.352 e. The number of hydrogen-bond donors (Lipinski definition) is 2. The number of carbonyl (C=O) groups is 1. The van der Waals surface area contributed by atoms with E-state index >= 15 is 0 Å². The molecule has 0 aromatic heterocycles. The van der Waals surface area contributed by atoms with E-state index in [9.17, 15) is 4.79 Å². The lowest BCUT2D eigenvalue weighted by atomic mass is 10.0. The first-order valence-electron chi connectivity index (χ1n) is 7.26. The molecule has 3 nitrogen and oxygen atoms in total. The SMILES string of the molecule is CCCCCCCC(CCCCC)NC(N)=O. The van der Waals surface area contributed by atoms with Crippen molar-refractivity contribution in [2.24, 2.45) is 5.73 Å². The van der Waals surface area contributed by atoms with Gasteiger partial charge in [0.05, 0.1) is 0 Å². The van der Waals surface area contributed by atoms with Gasteiger partial charge in [-0.1, -0.05) is 65.2 Å². The van der Waals surface area contributed by atoms with E-state index in [-0.39, 0.29) is 6.03 Å². The topological polar surface area (TPSA) is 55.1 Å². The summed E-state index contributed by atoms with van der Waals surface area (Å²) >= 11 is 0. The summed E-state index contributed by atoms with van der Waals surface area (Å²) in [6.45, 7) is 4.42. The second-order valence-corrected chi connectivity index (χ2v) is 4.90. The summed E-state index contributed by atoms with van der Waals surface area (Å²) in [7, 11) is 0. The molecular formula is C14H30N2O. The summed E-state index contributed by atoms with van der Waals surface area (Å²) < 4.78 is 0. The average Bonchev–Trinajstić information content (AvgIpc) is 2.28. The number of hydrogen-bond acceptors (Lipinski definition) is 1. The first-order chi connectivity index (χ1) is 8.20. The molecule has 0 aliphatic rings. The number of carbonyl (C=O) groups excluding carboxylic acids is 1. The fraction of sp³-hybridized carbons (Fsp3) is 0.929. The van der Waals surface area contributed by atoms with Crippen LogP contribution in [-0.4, -0.2) is 12.1 Å². The third-order valence-corrected chi connectivity index (χ3v) is 3.16. The molecule has 0 aliphatic carbocycles. The van der Waals surface area contributed by atoms with Gasteiger partial charge in [-0.25, -0.2) is 4.79 Å². The molecule has 0 radical (unpaired) electrons. The highest BCUT2D eigenvalue weighted by Gasteiger charge is 2.09. The highest BCUT2D eigenvalue weighted by Crippen LogP contribution is 2.12. The largest absolute Gasteiger partial charge is 0.352 e. The Balaban J connectivity index is 3.65. The van der Waals surface area contributed by atoms with E-state index in [0.717, 1.165) is 12.8 Å². The van der Waals surface area contributed by atoms with Gasteiger partial charge in [0.1, 0.15) is 0 Å². The van der Waals surface area contributed by atoms with Crippen molar-refractivity contribution in [1.82, 2.24) is 5.32 Å². The maximum atomic E-state index is 10.9. The average molecular weight is 242 g/mol. The normalized spacial score (nSPS) is 12.4. The van der Waals surface area contributed by atoms with Crippen LogP contribution in [0.5, 0.6) is 0 Å². The second-order valence-electron chi connectivity index (χ2n) is 4.90. The summed E-state index contributed by atoms with van der Waals surface area (Å²) in [5, 5.41) is 2.87. The van der Waals surface area contributed by atoms with Crippen LogP contribution in [0.3, 0.4) is 0 Å². The smallest absolute Gasteiger partial charge is 0.312 e. The van der Waals surface area contributed by atoms with Crippen molar-refractivity contribution in [2.45, 2.75) is 84.1 Å². The zero-order valence-corrected chi connectivity index (χ0v) is 11.6. The number of nitrogens with two attached hydrogens (primary N) is 1. The predicted octanol–water partition coefficient (Wildman–Crippen LogP) is 3.96. The van der Waals surface area contributed by atoms with Crippen LogP contribution in [0.1, 0.15) is 78.1 Å². The maximum Gasteiger partial charge on any atom is 0.312 e. The summed E-state index contributed by atoms with van der Waals surface area (Å²) in [6.07, 6.45) is 12.2. The number of urea groups is 1. The number of rotatable bonds is 11. The summed E-state index contributed by atoms with van der Waals surface area (Å²) in [6, 6.07) is -0.0827. The van der Waals surface area contributed by atoms with Crippen molar-refractivity contribution in [3.05, 3.63) is 0 Å². The molecule has 0 rings (SSSR count). The van der Waals surface area contributed by atoms with Gasteiger partial charge in [-0.15, -0.1) is 0 Å². The molecule has 0 aromatic rings. The van der Waals surface area contributed by atoms with Crippen LogP contribution in [0.2, 0.25) is 0 Å². The molecular weight excluding hydrogens is 212 g/mol. The zero-order chi connectivity index (χ0) is 12.9. The molecule has 0 spiro atoms. The lowest BCUT2D eigenvalue weighted by Crippen LogP contribution is -2.38. The van der Waals surface area contributed by atoms with Crippen LogP contribution in [0.15, 0.2) is 0 Å². The van der Waals surface area contributed by atoms with Gasteiger partial charge < -0.3 is 11.1 Å². The van der Waals surface area contributed by atoms with E-state index in [4.69, 9.17) is 5.73 Å². The number of primary amides is 1. The molecule has 0 aliphatic heterocycles. The molecule has 2 amide bonds. The molecule has 0 heterocycles. The Kier molecular flexibility index (Phi) is 11.2. The molecule has 102 valence electrons. The van der Waals surface area contributed by atoms with Crippen LogP contribution >= 0.6 is 0 Å². The van der Waals surface area contributed by atoms with Crippen molar-refractivity contribution < 1.29 is 4.79 Å². The predicted molar refractivity (Wildman–Crippen MR) is 74.0 cm³/mol. The molecule has 3 heteroatoms. The van der Waals surface area contributed by atoms with Crippen LogP contribution < -0.4 is 11.1 Å². The van der Waals surface area contributed by atoms with Gasteiger partial charge in [0.15, 0.2) is 0 Å². The fourth-order valence-corrected chi connectivity index (χ4v) is 2.12. The lowest BCUT2D eigenvalue weighted by Gasteiger charge is -2.17. The van der Waals surface area contributed by atoms with Crippen LogP contribution in [0.25, 0.3) is 0 Å². The van der Waals surface area contributed by atoms with Gasteiger partial charge in [-0.05, 0) is 12.8 Å². The Hall–Kier alpha value is -0.730. The Morgan fingerprint density at radius 2 is 1.41 bits per heavy atom. The van der Waals surface area contributed by atoms with Crippen LogP contribution in [-0.2, 0) is 0 Å². The molecule has 0 fully saturated rings. The Morgan fingerprint density at radius 3 is 1.94 bits per heavy atom. The Morgan fingerprint density at radius 1 is 0.941 bits per heavy atom.